The molecular formula is C17H32N2O3. The molecule has 0 bridgehead atoms. The summed E-state index contributed by atoms with van der Waals surface area (Å²) < 4.78 is 11.3. The molecule has 22 heavy (non-hydrogen) atoms. The zero-order valence-electron chi connectivity index (χ0n) is 14.4. The lowest BCUT2D eigenvalue weighted by Crippen LogP contribution is -2.43. The summed E-state index contributed by atoms with van der Waals surface area (Å²) in [6.07, 6.45) is 6.06. The number of ether oxygens (including phenoxy) is 2. The van der Waals surface area contributed by atoms with Crippen molar-refractivity contribution < 1.29 is 14.3 Å². The molecule has 1 amide bonds. The molecule has 1 saturated carbocycles. The van der Waals surface area contributed by atoms with Gasteiger partial charge in [-0.2, -0.15) is 0 Å². The van der Waals surface area contributed by atoms with Gasteiger partial charge in [-0.3, -0.25) is 0 Å². The molecule has 0 radical (unpaired) electrons. The highest BCUT2D eigenvalue weighted by molar-refractivity contribution is 5.68. The van der Waals surface area contributed by atoms with Gasteiger partial charge in [-0.25, -0.2) is 4.79 Å². The molecule has 5 heteroatoms. The van der Waals surface area contributed by atoms with Crippen LogP contribution in [0.1, 0.15) is 52.9 Å². The van der Waals surface area contributed by atoms with Gasteiger partial charge >= 0.3 is 6.09 Å². The molecule has 0 atom stereocenters. The van der Waals surface area contributed by atoms with E-state index >= 15 is 0 Å². The van der Waals surface area contributed by atoms with Crippen LogP contribution in [-0.2, 0) is 9.47 Å². The number of carbonyl (C=O) groups excluding carboxylic acids is 1. The van der Waals surface area contributed by atoms with E-state index in [-0.39, 0.29) is 12.2 Å². The highest BCUT2D eigenvalue weighted by Gasteiger charge is 2.27. The molecule has 0 unspecified atom stereocenters. The van der Waals surface area contributed by atoms with Crippen LogP contribution < -0.4 is 5.32 Å². The van der Waals surface area contributed by atoms with Crippen molar-refractivity contribution in [1.29, 1.82) is 0 Å². The predicted molar refractivity (Wildman–Crippen MR) is 87.0 cm³/mol. The van der Waals surface area contributed by atoms with Crippen molar-refractivity contribution in [2.24, 2.45) is 5.92 Å². The first-order chi connectivity index (χ1) is 10.4. The van der Waals surface area contributed by atoms with Crippen LogP contribution >= 0.6 is 0 Å². The standard InChI is InChI=1S/C17H32N2O3/c1-17(2,3)22-16(20)19-10-7-15(8-11-19)21-12-9-18-13-14-5-4-6-14/h14-15,18H,4-13H2,1-3H3. The summed E-state index contributed by atoms with van der Waals surface area (Å²) in [5, 5.41) is 3.47. The third-order valence-corrected chi connectivity index (χ3v) is 4.38. The SMILES string of the molecule is CC(C)(C)OC(=O)N1CCC(OCCNCC2CCC2)CC1. The number of nitrogens with one attached hydrogen (secondary N) is 1. The molecular weight excluding hydrogens is 280 g/mol. The number of hydrogen-bond acceptors (Lipinski definition) is 4. The van der Waals surface area contributed by atoms with E-state index in [1.807, 2.05) is 20.8 Å². The fourth-order valence-corrected chi connectivity index (χ4v) is 2.83. The molecule has 1 saturated heterocycles. The quantitative estimate of drug-likeness (QED) is 0.766. The summed E-state index contributed by atoms with van der Waals surface area (Å²) >= 11 is 0. The fraction of sp³-hybridized carbons (Fsp3) is 0.941. The minimum Gasteiger partial charge on any atom is -0.444 e. The number of piperidine rings is 1. The van der Waals surface area contributed by atoms with Crippen LogP contribution in [0.2, 0.25) is 0 Å². The first-order valence-electron chi connectivity index (χ1n) is 8.74. The van der Waals surface area contributed by atoms with Gasteiger partial charge < -0.3 is 19.7 Å². The van der Waals surface area contributed by atoms with E-state index in [1.165, 1.54) is 19.3 Å². The summed E-state index contributed by atoms with van der Waals surface area (Å²) in [7, 11) is 0. The van der Waals surface area contributed by atoms with Crippen molar-refractivity contribution in [1.82, 2.24) is 10.2 Å². The zero-order valence-corrected chi connectivity index (χ0v) is 14.4. The molecule has 1 aliphatic carbocycles. The molecule has 128 valence electrons. The Morgan fingerprint density at radius 3 is 2.41 bits per heavy atom. The monoisotopic (exact) mass is 312 g/mol. The third kappa shape index (κ3) is 6.13. The number of rotatable bonds is 6. The van der Waals surface area contributed by atoms with Crippen LogP contribution in [0, 0.1) is 5.92 Å². The van der Waals surface area contributed by atoms with Gasteiger partial charge in [0.1, 0.15) is 5.60 Å². The Kier molecular flexibility index (Phi) is 6.50. The molecule has 0 spiro atoms. The topological polar surface area (TPSA) is 50.8 Å². The van der Waals surface area contributed by atoms with Crippen molar-refractivity contribution >= 4 is 6.09 Å². The molecule has 0 aromatic carbocycles. The van der Waals surface area contributed by atoms with Crippen LogP contribution in [-0.4, -0.2) is 55.5 Å². The second kappa shape index (κ2) is 8.16. The molecule has 1 N–H and O–H groups in total. The van der Waals surface area contributed by atoms with Crippen molar-refractivity contribution in [2.75, 3.05) is 32.8 Å². The van der Waals surface area contributed by atoms with E-state index in [1.54, 1.807) is 4.90 Å². The highest BCUT2D eigenvalue weighted by Crippen LogP contribution is 2.25. The Labute approximate surface area is 134 Å². The maximum Gasteiger partial charge on any atom is 0.410 e. The molecule has 1 aliphatic heterocycles. The van der Waals surface area contributed by atoms with Crippen LogP contribution in [0.5, 0.6) is 0 Å². The van der Waals surface area contributed by atoms with E-state index in [0.29, 0.717) is 0 Å². The van der Waals surface area contributed by atoms with Crippen molar-refractivity contribution in [3.8, 4) is 0 Å². The van der Waals surface area contributed by atoms with E-state index in [2.05, 4.69) is 5.32 Å². The lowest BCUT2D eigenvalue weighted by Gasteiger charge is -2.33. The van der Waals surface area contributed by atoms with Gasteiger partial charge in [0.2, 0.25) is 0 Å². The van der Waals surface area contributed by atoms with E-state index < -0.39 is 5.60 Å². The molecule has 1 heterocycles. The van der Waals surface area contributed by atoms with Gasteiger partial charge in [0.05, 0.1) is 12.7 Å². The minimum absolute atomic E-state index is 0.201. The summed E-state index contributed by atoms with van der Waals surface area (Å²) in [6.45, 7) is 10.0. The normalized spacial score (nSPS) is 20.8. The van der Waals surface area contributed by atoms with Gasteiger partial charge in [0, 0.05) is 19.6 Å². The number of amides is 1. The number of likely N-dealkylation sites (tertiary alicyclic amines) is 1. The average Bonchev–Trinajstić information content (AvgIpc) is 2.39. The van der Waals surface area contributed by atoms with Gasteiger partial charge in [-0.15, -0.1) is 0 Å². The average molecular weight is 312 g/mol. The smallest absolute Gasteiger partial charge is 0.410 e. The van der Waals surface area contributed by atoms with Gasteiger partial charge in [0.15, 0.2) is 0 Å². The summed E-state index contributed by atoms with van der Waals surface area (Å²) in [5.41, 5.74) is -0.420. The molecule has 0 aromatic heterocycles. The Morgan fingerprint density at radius 1 is 1.18 bits per heavy atom. The Hall–Kier alpha value is -0.810. The molecule has 5 nitrogen and oxygen atoms in total. The highest BCUT2D eigenvalue weighted by atomic mass is 16.6. The first-order valence-corrected chi connectivity index (χ1v) is 8.74. The van der Waals surface area contributed by atoms with E-state index in [9.17, 15) is 4.79 Å². The van der Waals surface area contributed by atoms with E-state index in [4.69, 9.17) is 9.47 Å². The predicted octanol–water partition coefficient (Wildman–Crippen LogP) is 2.79. The molecule has 2 rings (SSSR count). The maximum atomic E-state index is 12.0. The Morgan fingerprint density at radius 2 is 1.86 bits per heavy atom. The van der Waals surface area contributed by atoms with Crippen LogP contribution in [0.15, 0.2) is 0 Å². The van der Waals surface area contributed by atoms with E-state index in [0.717, 1.165) is 51.5 Å². The second-order valence-electron chi connectivity index (χ2n) is 7.54. The summed E-state index contributed by atoms with van der Waals surface area (Å²) in [5.74, 6) is 0.900. The lowest BCUT2D eigenvalue weighted by atomic mass is 9.85. The third-order valence-electron chi connectivity index (χ3n) is 4.38. The summed E-state index contributed by atoms with van der Waals surface area (Å²) in [4.78, 5) is 13.8. The minimum atomic E-state index is -0.420. The second-order valence-corrected chi connectivity index (χ2v) is 7.54. The van der Waals surface area contributed by atoms with Gasteiger partial charge in [-0.05, 0) is 58.9 Å². The largest absolute Gasteiger partial charge is 0.444 e. The van der Waals surface area contributed by atoms with Crippen molar-refractivity contribution in [2.45, 2.75) is 64.6 Å². The number of nitrogens with zero attached hydrogens (tertiary/aromatic N) is 1. The number of hydrogen-bond donors (Lipinski definition) is 1. The van der Waals surface area contributed by atoms with Crippen LogP contribution in [0.3, 0.4) is 0 Å². The van der Waals surface area contributed by atoms with Crippen molar-refractivity contribution in [3.63, 3.8) is 0 Å². The fourth-order valence-electron chi connectivity index (χ4n) is 2.83. The molecule has 0 aromatic rings. The maximum absolute atomic E-state index is 12.0. The zero-order chi connectivity index (χ0) is 16.0. The Bertz CT molecular complexity index is 342. The molecule has 2 fully saturated rings. The lowest BCUT2D eigenvalue weighted by molar-refractivity contribution is -0.0106. The van der Waals surface area contributed by atoms with Crippen LogP contribution in [0.4, 0.5) is 4.79 Å². The van der Waals surface area contributed by atoms with Gasteiger partial charge in [0.25, 0.3) is 0 Å². The van der Waals surface area contributed by atoms with Crippen LogP contribution in [0.25, 0.3) is 0 Å². The van der Waals surface area contributed by atoms with Gasteiger partial charge in [-0.1, -0.05) is 6.42 Å². The number of carbonyl (C=O) groups is 1. The first kappa shape index (κ1) is 17.5. The Balaban J connectivity index is 1.52. The molecule has 2 aliphatic rings. The summed E-state index contributed by atoms with van der Waals surface area (Å²) in [6, 6.07) is 0. The van der Waals surface area contributed by atoms with Crippen molar-refractivity contribution in [3.05, 3.63) is 0 Å².